The lowest BCUT2D eigenvalue weighted by Gasteiger charge is -2.13. The first-order valence-electron chi connectivity index (χ1n) is 7.18. The van der Waals surface area contributed by atoms with Crippen molar-refractivity contribution in [3.63, 3.8) is 0 Å². The van der Waals surface area contributed by atoms with Crippen molar-refractivity contribution >= 4 is 46.6 Å². The second kappa shape index (κ2) is 8.70. The molecule has 126 valence electrons. The number of benzene rings is 2. The van der Waals surface area contributed by atoms with E-state index in [2.05, 4.69) is 10.6 Å². The number of rotatable bonds is 6. The Hall–Kier alpha value is -2.05. The Kier molecular flexibility index (Phi) is 6.63. The number of hydrogen-bond donors (Lipinski definition) is 2. The first-order chi connectivity index (χ1) is 11.5. The van der Waals surface area contributed by atoms with E-state index in [0.29, 0.717) is 16.4 Å². The molecule has 4 nitrogen and oxygen atoms in total. The van der Waals surface area contributed by atoms with E-state index in [1.54, 1.807) is 31.2 Å². The maximum absolute atomic E-state index is 12.8. The predicted molar refractivity (Wildman–Crippen MR) is 97.0 cm³/mol. The van der Waals surface area contributed by atoms with Crippen LogP contribution >= 0.6 is 23.4 Å². The molecular weight excluding hydrogens is 351 g/mol. The standard InChI is InChI=1S/C17H16ClFN2O2S/c1-11(17(23)21-15-5-3-2-4-14(15)18)24-10-16(22)20-13-8-6-12(19)7-9-13/h2-9,11H,10H2,1H3,(H,20,22)(H,21,23)/t11-/m0/s1. The van der Waals surface area contributed by atoms with Gasteiger partial charge >= 0.3 is 0 Å². The first-order valence-corrected chi connectivity index (χ1v) is 8.61. The number of hydrogen-bond acceptors (Lipinski definition) is 3. The molecule has 0 heterocycles. The monoisotopic (exact) mass is 366 g/mol. The number of amides is 2. The van der Waals surface area contributed by atoms with Crippen LogP contribution in [0.4, 0.5) is 15.8 Å². The highest BCUT2D eigenvalue weighted by Crippen LogP contribution is 2.22. The van der Waals surface area contributed by atoms with E-state index in [1.807, 2.05) is 0 Å². The molecule has 2 N–H and O–H groups in total. The molecule has 2 aromatic carbocycles. The average molecular weight is 367 g/mol. The molecular formula is C17H16ClFN2O2S. The highest BCUT2D eigenvalue weighted by atomic mass is 35.5. The van der Waals surface area contributed by atoms with E-state index in [9.17, 15) is 14.0 Å². The van der Waals surface area contributed by atoms with Gasteiger partial charge in [-0.05, 0) is 43.3 Å². The predicted octanol–water partition coefficient (Wildman–Crippen LogP) is 4.18. The van der Waals surface area contributed by atoms with E-state index in [0.717, 1.165) is 0 Å². The number of halogens is 2. The molecule has 0 aliphatic rings. The highest BCUT2D eigenvalue weighted by molar-refractivity contribution is 8.01. The molecule has 1 atom stereocenters. The summed E-state index contributed by atoms with van der Waals surface area (Å²) in [6.45, 7) is 1.71. The second-order valence-corrected chi connectivity index (χ2v) is 6.71. The van der Waals surface area contributed by atoms with Crippen molar-refractivity contribution < 1.29 is 14.0 Å². The average Bonchev–Trinajstić information content (AvgIpc) is 2.56. The second-order valence-electron chi connectivity index (χ2n) is 4.98. The third kappa shape index (κ3) is 5.54. The Labute approximate surface area is 148 Å². The van der Waals surface area contributed by atoms with Gasteiger partial charge in [-0.1, -0.05) is 23.7 Å². The quantitative estimate of drug-likeness (QED) is 0.806. The van der Waals surface area contributed by atoms with Crippen LogP contribution in [0.5, 0.6) is 0 Å². The van der Waals surface area contributed by atoms with Gasteiger partial charge in [-0.2, -0.15) is 0 Å². The summed E-state index contributed by atoms with van der Waals surface area (Å²) < 4.78 is 12.8. The minimum Gasteiger partial charge on any atom is -0.325 e. The molecule has 2 aromatic rings. The van der Waals surface area contributed by atoms with Crippen LogP contribution in [0.25, 0.3) is 0 Å². The van der Waals surface area contributed by atoms with Crippen molar-refractivity contribution in [1.29, 1.82) is 0 Å². The lowest BCUT2D eigenvalue weighted by molar-refractivity contribution is -0.115. The molecule has 0 fully saturated rings. The molecule has 2 amide bonds. The lowest BCUT2D eigenvalue weighted by Crippen LogP contribution is -2.25. The minimum absolute atomic E-state index is 0.106. The van der Waals surface area contributed by atoms with Gasteiger partial charge in [-0.3, -0.25) is 9.59 Å². The minimum atomic E-state index is -0.430. The number of carbonyl (C=O) groups excluding carboxylic acids is 2. The van der Waals surface area contributed by atoms with Crippen molar-refractivity contribution in [2.24, 2.45) is 0 Å². The largest absolute Gasteiger partial charge is 0.325 e. The van der Waals surface area contributed by atoms with E-state index < -0.39 is 5.25 Å². The molecule has 0 saturated heterocycles. The Morgan fingerprint density at radius 1 is 1.12 bits per heavy atom. The summed E-state index contributed by atoms with van der Waals surface area (Å²) in [4.78, 5) is 24.0. The maximum Gasteiger partial charge on any atom is 0.237 e. The Bertz CT molecular complexity index is 725. The fourth-order valence-corrected chi connectivity index (χ4v) is 2.67. The fraction of sp³-hybridized carbons (Fsp3) is 0.176. The summed E-state index contributed by atoms with van der Waals surface area (Å²) in [6.07, 6.45) is 0. The van der Waals surface area contributed by atoms with Crippen molar-refractivity contribution in [3.8, 4) is 0 Å². The zero-order valence-corrected chi connectivity index (χ0v) is 14.5. The topological polar surface area (TPSA) is 58.2 Å². The smallest absolute Gasteiger partial charge is 0.237 e. The summed E-state index contributed by atoms with van der Waals surface area (Å²) in [5.74, 6) is -0.756. The normalized spacial score (nSPS) is 11.6. The van der Waals surface area contributed by atoms with Crippen molar-refractivity contribution in [3.05, 3.63) is 59.4 Å². The van der Waals surface area contributed by atoms with Crippen LogP contribution in [0.2, 0.25) is 5.02 Å². The highest BCUT2D eigenvalue weighted by Gasteiger charge is 2.16. The van der Waals surface area contributed by atoms with Gasteiger partial charge in [0, 0.05) is 5.69 Å². The SMILES string of the molecule is C[C@H](SCC(=O)Nc1ccc(F)cc1)C(=O)Nc1ccccc1Cl. The maximum atomic E-state index is 12.8. The van der Waals surface area contributed by atoms with Gasteiger partial charge in [-0.25, -0.2) is 4.39 Å². The molecule has 0 spiro atoms. The zero-order chi connectivity index (χ0) is 17.5. The van der Waals surface area contributed by atoms with Gasteiger partial charge in [0.05, 0.1) is 21.7 Å². The summed E-state index contributed by atoms with van der Waals surface area (Å²) in [6, 6.07) is 12.4. The van der Waals surface area contributed by atoms with Gasteiger partial charge in [0.25, 0.3) is 0 Å². The summed E-state index contributed by atoms with van der Waals surface area (Å²) in [7, 11) is 0. The molecule has 2 rings (SSSR count). The van der Waals surface area contributed by atoms with Crippen LogP contribution in [0.15, 0.2) is 48.5 Å². The molecule has 7 heteroatoms. The molecule has 0 bridgehead atoms. The van der Waals surface area contributed by atoms with Crippen LogP contribution in [0.3, 0.4) is 0 Å². The molecule has 0 radical (unpaired) electrons. The third-order valence-corrected chi connectivity index (χ3v) is 4.57. The van der Waals surface area contributed by atoms with Crippen LogP contribution in [0.1, 0.15) is 6.92 Å². The molecule has 0 aliphatic heterocycles. The van der Waals surface area contributed by atoms with Gasteiger partial charge < -0.3 is 10.6 Å². The summed E-state index contributed by atoms with van der Waals surface area (Å²) in [5.41, 5.74) is 1.04. The third-order valence-electron chi connectivity index (χ3n) is 3.09. The van der Waals surface area contributed by atoms with E-state index >= 15 is 0 Å². The molecule has 0 unspecified atom stereocenters. The number of thioether (sulfide) groups is 1. The van der Waals surface area contributed by atoms with E-state index in [-0.39, 0.29) is 23.4 Å². The van der Waals surface area contributed by atoms with E-state index in [1.165, 1.54) is 36.0 Å². The Balaban J connectivity index is 1.80. The fourth-order valence-electron chi connectivity index (χ4n) is 1.80. The number of nitrogens with one attached hydrogen (secondary N) is 2. The van der Waals surface area contributed by atoms with Crippen molar-refractivity contribution in [1.82, 2.24) is 0 Å². The van der Waals surface area contributed by atoms with E-state index in [4.69, 9.17) is 11.6 Å². The summed E-state index contributed by atoms with van der Waals surface area (Å²) in [5, 5.41) is 5.39. The summed E-state index contributed by atoms with van der Waals surface area (Å²) >= 11 is 7.19. The Morgan fingerprint density at radius 2 is 1.79 bits per heavy atom. The van der Waals surface area contributed by atoms with Crippen LogP contribution in [-0.4, -0.2) is 22.8 Å². The molecule has 24 heavy (non-hydrogen) atoms. The number of anilines is 2. The van der Waals surface area contributed by atoms with Gasteiger partial charge in [0.15, 0.2) is 0 Å². The molecule has 0 saturated carbocycles. The van der Waals surface area contributed by atoms with Crippen LogP contribution in [0, 0.1) is 5.82 Å². The van der Waals surface area contributed by atoms with Crippen molar-refractivity contribution in [2.75, 3.05) is 16.4 Å². The van der Waals surface area contributed by atoms with Crippen LogP contribution < -0.4 is 10.6 Å². The van der Waals surface area contributed by atoms with Gasteiger partial charge in [-0.15, -0.1) is 11.8 Å². The Morgan fingerprint density at radius 3 is 2.46 bits per heavy atom. The molecule has 0 aromatic heterocycles. The lowest BCUT2D eigenvalue weighted by atomic mass is 10.3. The number of para-hydroxylation sites is 1. The zero-order valence-electron chi connectivity index (χ0n) is 12.9. The first kappa shape index (κ1) is 18.3. The molecule has 0 aliphatic carbocycles. The van der Waals surface area contributed by atoms with Crippen molar-refractivity contribution in [2.45, 2.75) is 12.2 Å². The van der Waals surface area contributed by atoms with Gasteiger partial charge in [0.1, 0.15) is 5.82 Å². The van der Waals surface area contributed by atoms with Crippen LogP contribution in [-0.2, 0) is 9.59 Å². The van der Waals surface area contributed by atoms with Gasteiger partial charge in [0.2, 0.25) is 11.8 Å². The number of carbonyl (C=O) groups is 2.